The van der Waals surface area contributed by atoms with Crippen molar-refractivity contribution in [1.29, 1.82) is 0 Å². The summed E-state index contributed by atoms with van der Waals surface area (Å²) in [7, 11) is 0. The standard InChI is InChI=1S/C18H21FN2O3/c1-4-21-11(2)9-15(12(21)3)18(24)20-16(10-17(22)23)13-5-7-14(19)8-6-13/h5-9,16H,4,10H2,1-3H3,(H,20,24)(H,22,23). The summed E-state index contributed by atoms with van der Waals surface area (Å²) in [5.41, 5.74) is 2.88. The number of aromatic nitrogens is 1. The van der Waals surface area contributed by atoms with E-state index in [1.54, 1.807) is 6.07 Å². The van der Waals surface area contributed by atoms with Gasteiger partial charge in [-0.3, -0.25) is 9.59 Å². The Morgan fingerprint density at radius 1 is 1.25 bits per heavy atom. The number of amides is 1. The molecule has 128 valence electrons. The van der Waals surface area contributed by atoms with E-state index in [4.69, 9.17) is 5.11 Å². The predicted octanol–water partition coefficient (Wildman–Crippen LogP) is 3.21. The summed E-state index contributed by atoms with van der Waals surface area (Å²) in [5.74, 6) is -1.78. The minimum absolute atomic E-state index is 0.274. The highest BCUT2D eigenvalue weighted by atomic mass is 19.1. The minimum Gasteiger partial charge on any atom is -0.481 e. The van der Waals surface area contributed by atoms with Crippen LogP contribution in [0.1, 0.15) is 46.7 Å². The van der Waals surface area contributed by atoms with Crippen LogP contribution in [-0.2, 0) is 11.3 Å². The number of hydrogen-bond acceptors (Lipinski definition) is 2. The molecule has 0 spiro atoms. The molecule has 1 amide bonds. The van der Waals surface area contributed by atoms with E-state index in [0.717, 1.165) is 17.9 Å². The molecule has 2 rings (SSSR count). The first-order valence-corrected chi connectivity index (χ1v) is 7.78. The molecule has 0 saturated heterocycles. The summed E-state index contributed by atoms with van der Waals surface area (Å²) >= 11 is 0. The van der Waals surface area contributed by atoms with Crippen molar-refractivity contribution in [3.05, 3.63) is 58.7 Å². The molecule has 0 fully saturated rings. The molecule has 0 bridgehead atoms. The maximum Gasteiger partial charge on any atom is 0.305 e. The van der Waals surface area contributed by atoms with Crippen molar-refractivity contribution in [3.8, 4) is 0 Å². The van der Waals surface area contributed by atoms with Gasteiger partial charge in [0.1, 0.15) is 5.82 Å². The molecular weight excluding hydrogens is 311 g/mol. The van der Waals surface area contributed by atoms with E-state index < -0.39 is 17.8 Å². The number of nitrogens with zero attached hydrogens (tertiary/aromatic N) is 1. The molecule has 1 heterocycles. The zero-order chi connectivity index (χ0) is 17.9. The van der Waals surface area contributed by atoms with E-state index in [-0.39, 0.29) is 12.3 Å². The van der Waals surface area contributed by atoms with Crippen LogP contribution < -0.4 is 5.32 Å². The molecule has 0 radical (unpaired) electrons. The Morgan fingerprint density at radius 3 is 2.38 bits per heavy atom. The van der Waals surface area contributed by atoms with Crippen molar-refractivity contribution in [2.75, 3.05) is 0 Å². The van der Waals surface area contributed by atoms with Crippen LogP contribution in [0.3, 0.4) is 0 Å². The van der Waals surface area contributed by atoms with Crippen LogP contribution in [0.15, 0.2) is 30.3 Å². The van der Waals surface area contributed by atoms with Gasteiger partial charge < -0.3 is 15.0 Å². The van der Waals surface area contributed by atoms with Gasteiger partial charge in [0.05, 0.1) is 18.0 Å². The lowest BCUT2D eigenvalue weighted by Gasteiger charge is -2.17. The molecule has 2 N–H and O–H groups in total. The molecule has 0 aliphatic carbocycles. The molecule has 0 aliphatic rings. The molecule has 6 heteroatoms. The predicted molar refractivity (Wildman–Crippen MR) is 88.4 cm³/mol. The Balaban J connectivity index is 2.27. The largest absolute Gasteiger partial charge is 0.481 e. The molecule has 0 aliphatic heterocycles. The second-order valence-corrected chi connectivity index (χ2v) is 5.70. The van der Waals surface area contributed by atoms with E-state index in [0.29, 0.717) is 11.1 Å². The molecule has 24 heavy (non-hydrogen) atoms. The van der Waals surface area contributed by atoms with Crippen LogP contribution >= 0.6 is 0 Å². The Morgan fingerprint density at radius 2 is 1.88 bits per heavy atom. The van der Waals surface area contributed by atoms with Crippen LogP contribution in [-0.4, -0.2) is 21.6 Å². The quantitative estimate of drug-likeness (QED) is 0.853. The number of aryl methyl sites for hydroxylation is 1. The van der Waals surface area contributed by atoms with Gasteiger partial charge in [-0.15, -0.1) is 0 Å². The highest BCUT2D eigenvalue weighted by Gasteiger charge is 2.21. The summed E-state index contributed by atoms with van der Waals surface area (Å²) in [6.45, 7) is 6.52. The number of aliphatic carboxylic acids is 1. The van der Waals surface area contributed by atoms with Gasteiger partial charge in [-0.1, -0.05) is 12.1 Å². The molecule has 1 aromatic heterocycles. The monoisotopic (exact) mass is 332 g/mol. The fourth-order valence-corrected chi connectivity index (χ4v) is 2.88. The average molecular weight is 332 g/mol. The molecular formula is C18H21FN2O3. The van der Waals surface area contributed by atoms with Crippen molar-refractivity contribution in [3.63, 3.8) is 0 Å². The Kier molecular flexibility index (Phi) is 5.39. The Hall–Kier alpha value is -2.63. The third-order valence-electron chi connectivity index (χ3n) is 4.09. The lowest BCUT2D eigenvalue weighted by molar-refractivity contribution is -0.137. The molecule has 2 aromatic rings. The third kappa shape index (κ3) is 3.82. The summed E-state index contributed by atoms with van der Waals surface area (Å²) in [6, 6.07) is 6.53. The molecule has 0 saturated carbocycles. The van der Waals surface area contributed by atoms with E-state index in [2.05, 4.69) is 5.32 Å². The van der Waals surface area contributed by atoms with Crippen molar-refractivity contribution in [2.45, 2.75) is 39.8 Å². The van der Waals surface area contributed by atoms with Crippen LogP contribution in [0.5, 0.6) is 0 Å². The van der Waals surface area contributed by atoms with Gasteiger partial charge in [-0.25, -0.2) is 4.39 Å². The first-order chi connectivity index (χ1) is 11.3. The number of rotatable bonds is 6. The first-order valence-electron chi connectivity index (χ1n) is 7.78. The van der Waals surface area contributed by atoms with Crippen LogP contribution in [0, 0.1) is 19.7 Å². The number of nitrogens with one attached hydrogen (secondary N) is 1. The maximum absolute atomic E-state index is 13.1. The lowest BCUT2D eigenvalue weighted by Crippen LogP contribution is -2.30. The number of carboxylic acid groups (broad SMARTS) is 1. The number of hydrogen-bond donors (Lipinski definition) is 2. The van der Waals surface area contributed by atoms with Gasteiger partial charge in [0, 0.05) is 17.9 Å². The average Bonchev–Trinajstić information content (AvgIpc) is 2.81. The van der Waals surface area contributed by atoms with Crippen molar-refractivity contribution >= 4 is 11.9 Å². The second-order valence-electron chi connectivity index (χ2n) is 5.70. The fraction of sp³-hybridized carbons (Fsp3) is 0.333. The van der Waals surface area contributed by atoms with E-state index >= 15 is 0 Å². The molecule has 1 unspecified atom stereocenters. The zero-order valence-corrected chi connectivity index (χ0v) is 14.0. The van der Waals surface area contributed by atoms with Crippen LogP contribution in [0.4, 0.5) is 4.39 Å². The maximum atomic E-state index is 13.1. The zero-order valence-electron chi connectivity index (χ0n) is 14.0. The van der Waals surface area contributed by atoms with E-state index in [1.165, 1.54) is 24.3 Å². The lowest BCUT2D eigenvalue weighted by atomic mass is 10.0. The minimum atomic E-state index is -1.04. The first kappa shape index (κ1) is 17.7. The van der Waals surface area contributed by atoms with Gasteiger partial charge in [0.25, 0.3) is 5.91 Å². The van der Waals surface area contributed by atoms with E-state index in [1.807, 2.05) is 25.3 Å². The summed E-state index contributed by atoms with van der Waals surface area (Å²) in [5, 5.41) is 11.8. The molecule has 5 nitrogen and oxygen atoms in total. The fourth-order valence-electron chi connectivity index (χ4n) is 2.88. The summed E-state index contributed by atoms with van der Waals surface area (Å²) < 4.78 is 15.1. The third-order valence-corrected chi connectivity index (χ3v) is 4.09. The van der Waals surface area contributed by atoms with Crippen molar-refractivity contribution in [2.24, 2.45) is 0 Å². The Labute approximate surface area is 140 Å². The smallest absolute Gasteiger partial charge is 0.305 e. The van der Waals surface area contributed by atoms with E-state index in [9.17, 15) is 14.0 Å². The van der Waals surface area contributed by atoms with Crippen molar-refractivity contribution in [1.82, 2.24) is 9.88 Å². The topological polar surface area (TPSA) is 71.3 Å². The Bertz CT molecular complexity index is 750. The number of carbonyl (C=O) groups is 2. The van der Waals surface area contributed by atoms with Gasteiger partial charge in [0.15, 0.2) is 0 Å². The number of halogens is 1. The molecule has 1 aromatic carbocycles. The summed E-state index contributed by atoms with van der Waals surface area (Å²) in [4.78, 5) is 23.7. The highest BCUT2D eigenvalue weighted by molar-refractivity contribution is 5.96. The number of carbonyl (C=O) groups excluding carboxylic acids is 1. The second kappa shape index (κ2) is 7.29. The van der Waals surface area contributed by atoms with Gasteiger partial charge >= 0.3 is 5.97 Å². The number of benzene rings is 1. The summed E-state index contributed by atoms with van der Waals surface area (Å²) in [6.07, 6.45) is -0.274. The van der Waals surface area contributed by atoms with Crippen LogP contribution in [0.25, 0.3) is 0 Å². The van der Waals surface area contributed by atoms with Gasteiger partial charge in [0.2, 0.25) is 0 Å². The normalized spacial score (nSPS) is 12.0. The highest BCUT2D eigenvalue weighted by Crippen LogP contribution is 2.20. The van der Waals surface area contributed by atoms with Crippen molar-refractivity contribution < 1.29 is 19.1 Å². The SMILES string of the molecule is CCn1c(C)cc(C(=O)NC(CC(=O)O)c2ccc(F)cc2)c1C. The van der Waals surface area contributed by atoms with Gasteiger partial charge in [-0.05, 0) is 44.5 Å². The van der Waals surface area contributed by atoms with Gasteiger partial charge in [-0.2, -0.15) is 0 Å². The molecule has 1 atom stereocenters. The number of carboxylic acids is 1. The van der Waals surface area contributed by atoms with Crippen LogP contribution in [0.2, 0.25) is 0 Å².